The predicted molar refractivity (Wildman–Crippen MR) is 137 cm³/mol. The molecule has 0 atom stereocenters. The maximum atomic E-state index is 14.0. The maximum absolute atomic E-state index is 14.0. The van der Waals surface area contributed by atoms with Crippen molar-refractivity contribution in [2.45, 2.75) is 70.7 Å². The fraction of sp³-hybridized carbons (Fsp3) is 0.462. The van der Waals surface area contributed by atoms with Crippen LogP contribution < -0.4 is 16.4 Å². The van der Waals surface area contributed by atoms with Gasteiger partial charge >= 0.3 is 6.09 Å². The molecular weight excluding hydrogens is 463 g/mol. The van der Waals surface area contributed by atoms with E-state index < -0.39 is 11.4 Å². The van der Waals surface area contributed by atoms with Gasteiger partial charge in [0.05, 0.1) is 29.7 Å². The van der Waals surface area contributed by atoms with Crippen LogP contribution in [0.4, 0.5) is 20.8 Å². The number of methoxy groups -OCH3 is 1. The molecule has 4 rings (SSSR count). The van der Waals surface area contributed by atoms with E-state index in [0.29, 0.717) is 34.8 Å². The van der Waals surface area contributed by atoms with Gasteiger partial charge < -0.3 is 25.8 Å². The highest BCUT2D eigenvalue weighted by Crippen LogP contribution is 2.27. The molecule has 0 aliphatic heterocycles. The minimum Gasteiger partial charge on any atom is -0.444 e. The number of hydrogen-bond acceptors (Lipinski definition) is 8. The number of alkyl carbamates (subject to hydrolysis) is 1. The number of nitrogens with zero attached hydrogens (tertiary/aromatic N) is 3. The standard InChI is InChI=1S/C26H33FN6O3/c1-26(2,3)36-25(34)31-18-8-6-17(7-9-18)30-24-29-13-22-23(33-24)16(14-35-4)12-21(32-22)15-5-10-20(28)19(27)11-15/h5,10-13,17-18H,6-9,14,28H2,1-4H3,(H,31,34)(H,29,30,33). The Morgan fingerprint density at radius 1 is 1.14 bits per heavy atom. The van der Waals surface area contributed by atoms with Gasteiger partial charge in [0, 0.05) is 30.3 Å². The predicted octanol–water partition coefficient (Wildman–Crippen LogP) is 4.81. The third-order valence-electron chi connectivity index (χ3n) is 6.00. The first kappa shape index (κ1) is 25.6. The Kier molecular flexibility index (Phi) is 7.53. The summed E-state index contributed by atoms with van der Waals surface area (Å²) in [5, 5.41) is 6.37. The summed E-state index contributed by atoms with van der Waals surface area (Å²) in [7, 11) is 1.61. The van der Waals surface area contributed by atoms with Crippen LogP contribution >= 0.6 is 0 Å². The summed E-state index contributed by atoms with van der Waals surface area (Å²) < 4.78 is 24.8. The van der Waals surface area contributed by atoms with E-state index >= 15 is 0 Å². The van der Waals surface area contributed by atoms with Gasteiger partial charge in [-0.05, 0) is 64.7 Å². The van der Waals surface area contributed by atoms with E-state index in [4.69, 9.17) is 20.2 Å². The van der Waals surface area contributed by atoms with Crippen LogP contribution in [-0.2, 0) is 16.1 Å². The number of hydrogen-bond donors (Lipinski definition) is 3. The molecule has 9 nitrogen and oxygen atoms in total. The molecule has 1 aliphatic rings. The number of nitrogens with one attached hydrogen (secondary N) is 2. The van der Waals surface area contributed by atoms with E-state index in [9.17, 15) is 9.18 Å². The van der Waals surface area contributed by atoms with Crippen molar-refractivity contribution in [1.29, 1.82) is 0 Å². The largest absolute Gasteiger partial charge is 0.444 e. The molecular formula is C26H33FN6O3. The van der Waals surface area contributed by atoms with Crippen LogP contribution in [0.25, 0.3) is 22.3 Å². The molecule has 1 fully saturated rings. The van der Waals surface area contributed by atoms with Gasteiger partial charge in [-0.3, -0.25) is 0 Å². The lowest BCUT2D eigenvalue weighted by molar-refractivity contribution is 0.0492. The Bertz CT molecular complexity index is 1240. The highest BCUT2D eigenvalue weighted by atomic mass is 19.1. The molecule has 0 saturated heterocycles. The summed E-state index contributed by atoms with van der Waals surface area (Å²) in [6.45, 7) is 5.87. The zero-order valence-electron chi connectivity index (χ0n) is 21.1. The van der Waals surface area contributed by atoms with Gasteiger partial charge in [-0.1, -0.05) is 6.07 Å². The molecule has 1 saturated carbocycles. The summed E-state index contributed by atoms with van der Waals surface area (Å²) in [5.74, 6) is 0.0194. The molecule has 4 N–H and O–H groups in total. The van der Waals surface area contributed by atoms with Crippen LogP contribution in [0.5, 0.6) is 0 Å². The van der Waals surface area contributed by atoms with E-state index in [-0.39, 0.29) is 23.9 Å². The number of halogens is 1. The number of fused-ring (bicyclic) bond motifs is 1. The Balaban J connectivity index is 1.46. The average molecular weight is 497 g/mol. The molecule has 1 amide bonds. The first-order valence-corrected chi connectivity index (χ1v) is 12.1. The van der Waals surface area contributed by atoms with Crippen molar-refractivity contribution in [2.75, 3.05) is 18.2 Å². The molecule has 36 heavy (non-hydrogen) atoms. The first-order chi connectivity index (χ1) is 17.1. The van der Waals surface area contributed by atoms with Crippen molar-refractivity contribution >= 4 is 28.8 Å². The van der Waals surface area contributed by atoms with Gasteiger partial charge in [0.1, 0.15) is 16.9 Å². The number of pyridine rings is 1. The van der Waals surface area contributed by atoms with Gasteiger partial charge in [-0.15, -0.1) is 0 Å². The summed E-state index contributed by atoms with van der Waals surface area (Å²) in [6, 6.07) is 6.74. The number of amides is 1. The van der Waals surface area contributed by atoms with E-state index in [1.165, 1.54) is 12.1 Å². The van der Waals surface area contributed by atoms with Crippen LogP contribution in [0.2, 0.25) is 0 Å². The molecule has 0 radical (unpaired) electrons. The second-order valence-electron chi connectivity index (χ2n) is 10.1. The molecule has 0 unspecified atom stereocenters. The molecule has 10 heteroatoms. The highest BCUT2D eigenvalue weighted by molar-refractivity contribution is 5.82. The van der Waals surface area contributed by atoms with E-state index in [1.54, 1.807) is 19.4 Å². The highest BCUT2D eigenvalue weighted by Gasteiger charge is 2.25. The van der Waals surface area contributed by atoms with Crippen molar-refractivity contribution in [2.24, 2.45) is 0 Å². The maximum Gasteiger partial charge on any atom is 0.407 e. The summed E-state index contributed by atoms with van der Waals surface area (Å²) in [5.41, 5.74) is 8.48. The molecule has 192 valence electrons. The number of rotatable bonds is 6. The molecule has 3 aromatic rings. The zero-order chi connectivity index (χ0) is 25.9. The Morgan fingerprint density at radius 2 is 1.86 bits per heavy atom. The molecule has 0 bridgehead atoms. The van der Waals surface area contributed by atoms with Crippen molar-refractivity contribution < 1.29 is 18.7 Å². The minimum absolute atomic E-state index is 0.0875. The molecule has 1 aliphatic carbocycles. The molecule has 2 aromatic heterocycles. The Hall–Kier alpha value is -3.53. The summed E-state index contributed by atoms with van der Waals surface area (Å²) in [4.78, 5) is 25.9. The number of aromatic nitrogens is 3. The zero-order valence-corrected chi connectivity index (χ0v) is 21.1. The van der Waals surface area contributed by atoms with Crippen LogP contribution in [-0.4, -0.2) is 45.8 Å². The van der Waals surface area contributed by atoms with Crippen molar-refractivity contribution in [3.63, 3.8) is 0 Å². The van der Waals surface area contributed by atoms with E-state index in [2.05, 4.69) is 20.6 Å². The number of benzene rings is 1. The topological polar surface area (TPSA) is 124 Å². The third kappa shape index (κ3) is 6.37. The van der Waals surface area contributed by atoms with Gasteiger partial charge in [0.2, 0.25) is 5.95 Å². The van der Waals surface area contributed by atoms with Gasteiger partial charge in [0.15, 0.2) is 0 Å². The lowest BCUT2D eigenvalue weighted by Crippen LogP contribution is -2.42. The normalized spacial score (nSPS) is 18.1. The fourth-order valence-corrected chi connectivity index (χ4v) is 4.30. The third-order valence-corrected chi connectivity index (χ3v) is 6.00. The number of carbonyl (C=O) groups is 1. The van der Waals surface area contributed by atoms with Crippen LogP contribution in [0.3, 0.4) is 0 Å². The van der Waals surface area contributed by atoms with Crippen molar-refractivity contribution in [3.8, 4) is 11.3 Å². The number of anilines is 2. The Morgan fingerprint density at radius 3 is 2.53 bits per heavy atom. The van der Waals surface area contributed by atoms with Gasteiger partial charge in [-0.2, -0.15) is 0 Å². The first-order valence-electron chi connectivity index (χ1n) is 12.1. The second kappa shape index (κ2) is 10.6. The van der Waals surface area contributed by atoms with Crippen molar-refractivity contribution in [3.05, 3.63) is 41.8 Å². The second-order valence-corrected chi connectivity index (χ2v) is 10.1. The van der Waals surface area contributed by atoms with E-state index in [0.717, 1.165) is 31.2 Å². The van der Waals surface area contributed by atoms with Crippen LogP contribution in [0, 0.1) is 5.82 Å². The van der Waals surface area contributed by atoms with Crippen LogP contribution in [0.1, 0.15) is 52.0 Å². The van der Waals surface area contributed by atoms with Gasteiger partial charge in [0.25, 0.3) is 0 Å². The van der Waals surface area contributed by atoms with Crippen LogP contribution in [0.15, 0.2) is 30.5 Å². The Labute approximate surface area is 210 Å². The SMILES string of the molecule is COCc1cc(-c2ccc(N)c(F)c2)nc2cnc(NC3CCC(NC(=O)OC(C)(C)C)CC3)nc12. The smallest absolute Gasteiger partial charge is 0.407 e. The average Bonchev–Trinajstić information content (AvgIpc) is 2.81. The lowest BCUT2D eigenvalue weighted by atomic mass is 9.91. The molecule has 1 aromatic carbocycles. The monoisotopic (exact) mass is 496 g/mol. The molecule has 2 heterocycles. The van der Waals surface area contributed by atoms with Gasteiger partial charge in [-0.25, -0.2) is 24.1 Å². The fourth-order valence-electron chi connectivity index (χ4n) is 4.30. The summed E-state index contributed by atoms with van der Waals surface area (Å²) in [6.07, 6.45) is 4.69. The quantitative estimate of drug-likeness (QED) is 0.416. The number of nitrogen functional groups attached to an aromatic ring is 1. The molecule has 0 spiro atoms. The number of ether oxygens (including phenoxy) is 2. The summed E-state index contributed by atoms with van der Waals surface area (Å²) >= 11 is 0. The number of nitrogens with two attached hydrogens (primary N) is 1. The van der Waals surface area contributed by atoms with E-state index in [1.807, 2.05) is 26.8 Å². The number of carbonyl (C=O) groups excluding carboxylic acids is 1. The lowest BCUT2D eigenvalue weighted by Gasteiger charge is -2.30. The van der Waals surface area contributed by atoms with Crippen molar-refractivity contribution in [1.82, 2.24) is 20.3 Å². The minimum atomic E-state index is -0.515.